The standard InChI is InChI=1S/C22H33N3O3/c1-20(2,3)28-18(26)15-25-16-21(23-19(25)27)11-13-22(14-12-21,24(4)5)17-9-7-6-8-10-17/h6-10H,11-16H2,1-5H3,(H,23,27)/t21-,22+. The summed E-state index contributed by atoms with van der Waals surface area (Å²) >= 11 is 0. The Kier molecular flexibility index (Phi) is 5.45. The fraction of sp³-hybridized carbons (Fsp3) is 0.636. The molecule has 3 rings (SSSR count). The number of nitrogens with zero attached hydrogens (tertiary/aromatic N) is 2. The highest BCUT2D eigenvalue weighted by atomic mass is 16.6. The van der Waals surface area contributed by atoms with Crippen LogP contribution in [0.4, 0.5) is 4.79 Å². The van der Waals surface area contributed by atoms with Crippen LogP contribution in [0, 0.1) is 0 Å². The van der Waals surface area contributed by atoms with Crippen LogP contribution < -0.4 is 5.32 Å². The van der Waals surface area contributed by atoms with Gasteiger partial charge in [0, 0.05) is 12.1 Å². The van der Waals surface area contributed by atoms with Crippen LogP contribution in [0.1, 0.15) is 52.0 Å². The molecule has 0 radical (unpaired) electrons. The van der Waals surface area contributed by atoms with E-state index < -0.39 is 5.60 Å². The predicted molar refractivity (Wildman–Crippen MR) is 109 cm³/mol. The summed E-state index contributed by atoms with van der Waals surface area (Å²) in [6, 6.07) is 10.4. The number of carbonyl (C=O) groups is 2. The third-order valence-corrected chi connectivity index (χ3v) is 6.09. The monoisotopic (exact) mass is 387 g/mol. The Balaban J connectivity index is 1.68. The molecule has 0 unspecified atom stereocenters. The first kappa shape index (κ1) is 20.6. The van der Waals surface area contributed by atoms with E-state index in [2.05, 4.69) is 48.6 Å². The lowest BCUT2D eigenvalue weighted by atomic mass is 9.69. The molecule has 2 fully saturated rings. The lowest BCUT2D eigenvalue weighted by Crippen LogP contribution is -2.54. The van der Waals surface area contributed by atoms with Gasteiger partial charge in [0.05, 0.1) is 5.54 Å². The van der Waals surface area contributed by atoms with Crippen LogP contribution in [0.3, 0.4) is 0 Å². The summed E-state index contributed by atoms with van der Waals surface area (Å²) in [4.78, 5) is 28.6. The van der Waals surface area contributed by atoms with E-state index in [4.69, 9.17) is 4.74 Å². The second-order valence-corrected chi connectivity index (χ2v) is 9.45. The maximum Gasteiger partial charge on any atom is 0.326 e. The Hall–Kier alpha value is -2.08. The zero-order chi connectivity index (χ0) is 20.6. The Bertz CT molecular complexity index is 716. The van der Waals surface area contributed by atoms with Crippen molar-refractivity contribution >= 4 is 12.0 Å². The maximum atomic E-state index is 12.5. The molecule has 6 nitrogen and oxygen atoms in total. The number of hydrogen-bond donors (Lipinski definition) is 1. The Morgan fingerprint density at radius 3 is 2.29 bits per heavy atom. The lowest BCUT2D eigenvalue weighted by molar-refractivity contribution is -0.155. The number of hydrogen-bond acceptors (Lipinski definition) is 4. The van der Waals surface area contributed by atoms with E-state index in [1.165, 1.54) is 5.56 Å². The molecule has 0 aromatic heterocycles. The summed E-state index contributed by atoms with van der Waals surface area (Å²) in [5.41, 5.74) is 0.504. The van der Waals surface area contributed by atoms with Gasteiger partial charge in [-0.25, -0.2) is 4.79 Å². The van der Waals surface area contributed by atoms with Gasteiger partial charge in [0.1, 0.15) is 12.1 Å². The minimum atomic E-state index is -0.545. The highest BCUT2D eigenvalue weighted by Crippen LogP contribution is 2.45. The zero-order valence-electron chi connectivity index (χ0n) is 17.7. The van der Waals surface area contributed by atoms with Crippen molar-refractivity contribution in [2.45, 2.75) is 63.1 Å². The van der Waals surface area contributed by atoms with E-state index in [0.717, 1.165) is 25.7 Å². The number of esters is 1. The summed E-state index contributed by atoms with van der Waals surface area (Å²) < 4.78 is 5.38. The zero-order valence-corrected chi connectivity index (χ0v) is 17.7. The second-order valence-electron chi connectivity index (χ2n) is 9.45. The van der Waals surface area contributed by atoms with Crippen LogP contribution in [-0.2, 0) is 15.1 Å². The Labute approximate surface area is 168 Å². The molecule has 1 aromatic carbocycles. The van der Waals surface area contributed by atoms with Crippen molar-refractivity contribution in [1.29, 1.82) is 0 Å². The predicted octanol–water partition coefficient (Wildman–Crippen LogP) is 3.12. The van der Waals surface area contributed by atoms with Gasteiger partial charge in [-0.1, -0.05) is 30.3 Å². The average Bonchev–Trinajstić information content (AvgIpc) is 2.90. The van der Waals surface area contributed by atoms with Crippen molar-refractivity contribution in [2.24, 2.45) is 0 Å². The van der Waals surface area contributed by atoms with E-state index in [0.29, 0.717) is 6.54 Å². The summed E-state index contributed by atoms with van der Waals surface area (Å²) in [6.45, 7) is 6.07. The molecule has 28 heavy (non-hydrogen) atoms. The van der Waals surface area contributed by atoms with Crippen molar-refractivity contribution in [3.05, 3.63) is 35.9 Å². The summed E-state index contributed by atoms with van der Waals surface area (Å²) in [7, 11) is 4.26. The summed E-state index contributed by atoms with van der Waals surface area (Å²) in [5.74, 6) is -0.359. The van der Waals surface area contributed by atoms with Gasteiger partial charge < -0.3 is 15.0 Å². The van der Waals surface area contributed by atoms with Gasteiger partial charge in [0.15, 0.2) is 0 Å². The minimum Gasteiger partial charge on any atom is -0.459 e. The van der Waals surface area contributed by atoms with Gasteiger partial charge in [-0.15, -0.1) is 0 Å². The van der Waals surface area contributed by atoms with Crippen LogP contribution in [-0.4, -0.2) is 60.1 Å². The SMILES string of the molecule is CN(C)[C@]1(c2ccccc2)CC[C@]2(CC1)CN(CC(=O)OC(C)(C)C)C(=O)N2. The Morgan fingerprint density at radius 1 is 1.14 bits per heavy atom. The molecule has 154 valence electrons. The van der Waals surface area contributed by atoms with Crippen molar-refractivity contribution in [1.82, 2.24) is 15.1 Å². The van der Waals surface area contributed by atoms with Gasteiger partial charge in [-0.3, -0.25) is 9.69 Å². The van der Waals surface area contributed by atoms with E-state index in [1.807, 2.05) is 26.8 Å². The van der Waals surface area contributed by atoms with Crippen LogP contribution in [0.2, 0.25) is 0 Å². The van der Waals surface area contributed by atoms with Crippen molar-refractivity contribution in [2.75, 3.05) is 27.2 Å². The largest absolute Gasteiger partial charge is 0.459 e. The highest BCUT2D eigenvalue weighted by Gasteiger charge is 2.50. The molecule has 2 aliphatic rings. The Morgan fingerprint density at radius 2 is 1.75 bits per heavy atom. The highest BCUT2D eigenvalue weighted by molar-refractivity contribution is 5.83. The van der Waals surface area contributed by atoms with Gasteiger partial charge in [-0.2, -0.15) is 0 Å². The smallest absolute Gasteiger partial charge is 0.326 e. The molecule has 1 N–H and O–H groups in total. The quantitative estimate of drug-likeness (QED) is 0.807. The van der Waals surface area contributed by atoms with Crippen LogP contribution >= 0.6 is 0 Å². The van der Waals surface area contributed by atoms with E-state index in [1.54, 1.807) is 4.90 Å². The molecule has 1 saturated heterocycles. The number of carbonyl (C=O) groups excluding carboxylic acids is 2. The molecule has 1 saturated carbocycles. The van der Waals surface area contributed by atoms with Crippen LogP contribution in [0.25, 0.3) is 0 Å². The van der Waals surface area contributed by atoms with Crippen molar-refractivity contribution in [3.8, 4) is 0 Å². The second kappa shape index (κ2) is 7.39. The van der Waals surface area contributed by atoms with Crippen LogP contribution in [0.5, 0.6) is 0 Å². The van der Waals surface area contributed by atoms with Crippen LogP contribution in [0.15, 0.2) is 30.3 Å². The number of ether oxygens (including phenoxy) is 1. The maximum absolute atomic E-state index is 12.5. The van der Waals surface area contributed by atoms with E-state index in [9.17, 15) is 9.59 Å². The first-order valence-corrected chi connectivity index (χ1v) is 10.1. The lowest BCUT2D eigenvalue weighted by Gasteiger charge is -2.48. The number of urea groups is 1. The normalized spacial score (nSPS) is 27.9. The molecule has 2 amide bonds. The molecule has 1 heterocycles. The fourth-order valence-electron chi connectivity index (χ4n) is 4.61. The number of rotatable bonds is 4. The molecule has 0 atom stereocenters. The summed E-state index contributed by atoms with van der Waals surface area (Å²) in [6.07, 6.45) is 3.70. The fourth-order valence-corrected chi connectivity index (χ4v) is 4.61. The van der Waals surface area contributed by atoms with Crippen molar-refractivity contribution < 1.29 is 14.3 Å². The molecule has 1 aliphatic heterocycles. The first-order valence-electron chi connectivity index (χ1n) is 10.1. The third-order valence-electron chi connectivity index (χ3n) is 6.09. The molecule has 1 aliphatic carbocycles. The van der Waals surface area contributed by atoms with E-state index >= 15 is 0 Å². The molecule has 6 heteroatoms. The van der Waals surface area contributed by atoms with Crippen molar-refractivity contribution in [3.63, 3.8) is 0 Å². The number of nitrogens with one attached hydrogen (secondary N) is 1. The first-order chi connectivity index (χ1) is 13.1. The molecular weight excluding hydrogens is 354 g/mol. The average molecular weight is 388 g/mol. The van der Waals surface area contributed by atoms with Gasteiger partial charge in [0.25, 0.3) is 0 Å². The van der Waals surface area contributed by atoms with Gasteiger partial charge >= 0.3 is 12.0 Å². The number of benzene rings is 1. The summed E-state index contributed by atoms with van der Waals surface area (Å²) in [5, 5.41) is 3.18. The van der Waals surface area contributed by atoms with Gasteiger partial charge in [-0.05, 0) is 66.1 Å². The topological polar surface area (TPSA) is 61.9 Å². The molecule has 0 bridgehead atoms. The molecule has 1 aromatic rings. The minimum absolute atomic E-state index is 0.00234. The van der Waals surface area contributed by atoms with Gasteiger partial charge in [0.2, 0.25) is 0 Å². The third kappa shape index (κ3) is 4.17. The molecule has 1 spiro atoms. The van der Waals surface area contributed by atoms with E-state index in [-0.39, 0.29) is 29.6 Å². The molecular formula is C22H33N3O3. The number of amides is 2.